The van der Waals surface area contributed by atoms with Crippen molar-refractivity contribution < 1.29 is 31.1 Å². The van der Waals surface area contributed by atoms with Gasteiger partial charge in [0.15, 0.2) is 0 Å². The van der Waals surface area contributed by atoms with Gasteiger partial charge >= 0.3 is 12.4 Å². The molecule has 2 aliphatic heterocycles. The third-order valence-corrected chi connectivity index (χ3v) is 10.2. The number of nitrogens with one attached hydrogen (secondary N) is 1. The van der Waals surface area contributed by atoms with Crippen LogP contribution in [0.4, 0.5) is 26.3 Å². The smallest absolute Gasteiger partial charge is 0.355 e. The lowest BCUT2D eigenvalue weighted by molar-refractivity contribution is -0.143. The highest BCUT2D eigenvalue weighted by Gasteiger charge is 2.58. The lowest BCUT2D eigenvalue weighted by atomic mass is 9.54. The number of likely N-dealkylation sites (N-methyl/N-ethyl adjacent to an activating group) is 1. The Kier molecular flexibility index (Phi) is 10.5. The van der Waals surface area contributed by atoms with Crippen molar-refractivity contribution in [2.45, 2.75) is 68.3 Å². The fourth-order valence-electron chi connectivity index (χ4n) is 7.40. The van der Waals surface area contributed by atoms with E-state index < -0.39 is 34.4 Å². The van der Waals surface area contributed by atoms with Gasteiger partial charge in [0.05, 0.1) is 21.2 Å². The van der Waals surface area contributed by atoms with E-state index in [0.717, 1.165) is 29.7 Å². The number of rotatable bonds is 6. The molecule has 2 heterocycles. The topological polar surface area (TPSA) is 32.3 Å². The zero-order valence-electron chi connectivity index (χ0n) is 24.4. The van der Waals surface area contributed by atoms with E-state index in [9.17, 15) is 31.1 Å². The maximum absolute atomic E-state index is 14.0. The normalized spacial score (nSPS) is 24.6. The van der Waals surface area contributed by atoms with Gasteiger partial charge in [-0.1, -0.05) is 66.5 Å². The van der Waals surface area contributed by atoms with Crippen LogP contribution in [0.1, 0.15) is 66.3 Å². The summed E-state index contributed by atoms with van der Waals surface area (Å²) in [4.78, 5) is 14.8. The van der Waals surface area contributed by atoms with E-state index in [1.807, 2.05) is 37.3 Å². The molecule has 3 atom stereocenters. The van der Waals surface area contributed by atoms with Gasteiger partial charge in [-0.3, -0.25) is 9.69 Å². The fraction of sp³-hybridized carbons (Fsp3) is 0.424. The first-order chi connectivity index (χ1) is 20.7. The van der Waals surface area contributed by atoms with Crippen molar-refractivity contribution in [3.63, 3.8) is 0 Å². The summed E-state index contributed by atoms with van der Waals surface area (Å²) in [7, 11) is 0. The molecule has 45 heavy (non-hydrogen) atoms. The molecule has 0 saturated carbocycles. The predicted molar refractivity (Wildman–Crippen MR) is 166 cm³/mol. The molecule has 1 N–H and O–H groups in total. The molecule has 244 valence electrons. The Morgan fingerprint density at radius 2 is 1.56 bits per heavy atom. The Balaban J connectivity index is 0.00000461. The first kappa shape index (κ1) is 35.4. The number of nitrogens with zero attached hydrogens (tertiary/aromatic N) is 1. The Hall–Kier alpha value is -2.46. The standard InChI is InChI=1S/C33H32Cl2F6N2O.ClH/c1-2-43-13-11-23(22-6-4-3-5-7-22)19-31(43,18-21-14-25(32(36,37)38)16-26(15-21)33(39,40)41)30(12-10-29(44)42-20-30)24-8-9-27(34)28(35)17-24;/h3-9,14-17,23H,2,10-13,18-20H2,1H3,(H,42,44);1H. The lowest BCUT2D eigenvalue weighted by Gasteiger charge is -2.61. The second-order valence-corrected chi connectivity index (χ2v) is 12.6. The molecule has 3 unspecified atom stereocenters. The van der Waals surface area contributed by atoms with Crippen LogP contribution in [0.15, 0.2) is 66.7 Å². The SMILES string of the molecule is CCN1CCC(c2ccccc2)CC1(Cc1cc(C(F)(F)F)cc(C(F)(F)F)c1)C1(c2ccc(Cl)c(Cl)c2)CCC(=O)NC1.Cl. The van der Waals surface area contributed by atoms with Gasteiger partial charge in [-0.2, -0.15) is 26.3 Å². The summed E-state index contributed by atoms with van der Waals surface area (Å²) in [5, 5.41) is 3.56. The van der Waals surface area contributed by atoms with Gasteiger partial charge in [0.1, 0.15) is 0 Å². The van der Waals surface area contributed by atoms with Crippen molar-refractivity contribution in [2.24, 2.45) is 0 Å². The number of piperidine rings is 2. The van der Waals surface area contributed by atoms with Gasteiger partial charge in [0.2, 0.25) is 5.91 Å². The van der Waals surface area contributed by atoms with E-state index in [0.29, 0.717) is 31.0 Å². The highest BCUT2D eigenvalue weighted by Crippen LogP contribution is 2.54. The molecule has 0 aromatic heterocycles. The maximum atomic E-state index is 14.0. The van der Waals surface area contributed by atoms with E-state index in [1.54, 1.807) is 18.2 Å². The quantitative estimate of drug-likeness (QED) is 0.261. The molecule has 3 nitrogen and oxygen atoms in total. The molecular formula is C33H33Cl3F6N2O. The second-order valence-electron chi connectivity index (χ2n) is 11.8. The van der Waals surface area contributed by atoms with Gasteiger partial charge in [0.25, 0.3) is 0 Å². The largest absolute Gasteiger partial charge is 0.416 e. The summed E-state index contributed by atoms with van der Waals surface area (Å²) in [6.07, 6.45) is -8.45. The number of hydrogen-bond donors (Lipinski definition) is 1. The van der Waals surface area contributed by atoms with E-state index in [1.165, 1.54) is 0 Å². The first-order valence-electron chi connectivity index (χ1n) is 14.5. The van der Waals surface area contributed by atoms with E-state index in [4.69, 9.17) is 23.2 Å². The number of amides is 1. The molecule has 2 fully saturated rings. The summed E-state index contributed by atoms with van der Waals surface area (Å²) in [6.45, 7) is 3.11. The van der Waals surface area contributed by atoms with Gasteiger partial charge < -0.3 is 5.32 Å². The number of alkyl halides is 6. The zero-order chi connectivity index (χ0) is 31.9. The van der Waals surface area contributed by atoms with Crippen molar-refractivity contribution in [2.75, 3.05) is 19.6 Å². The van der Waals surface area contributed by atoms with E-state index >= 15 is 0 Å². The average Bonchev–Trinajstić information content (AvgIpc) is 2.98. The number of carbonyl (C=O) groups is 1. The summed E-state index contributed by atoms with van der Waals surface area (Å²) in [6, 6.07) is 16.7. The van der Waals surface area contributed by atoms with E-state index in [-0.39, 0.29) is 60.3 Å². The average molecular weight is 694 g/mol. The molecule has 2 saturated heterocycles. The van der Waals surface area contributed by atoms with Crippen molar-refractivity contribution >= 4 is 41.5 Å². The summed E-state index contributed by atoms with van der Waals surface area (Å²) in [5.74, 6) is -0.211. The lowest BCUT2D eigenvalue weighted by Crippen LogP contribution is -2.70. The molecule has 0 radical (unpaired) electrons. The predicted octanol–water partition coefficient (Wildman–Crippen LogP) is 9.48. The highest BCUT2D eigenvalue weighted by molar-refractivity contribution is 6.42. The summed E-state index contributed by atoms with van der Waals surface area (Å²) < 4.78 is 84.0. The molecule has 0 aliphatic carbocycles. The van der Waals surface area contributed by atoms with Crippen molar-refractivity contribution in [1.82, 2.24) is 10.2 Å². The molecular weight excluding hydrogens is 661 g/mol. The van der Waals surface area contributed by atoms with Crippen LogP contribution in [-0.4, -0.2) is 36.0 Å². The fourth-order valence-corrected chi connectivity index (χ4v) is 7.70. The van der Waals surface area contributed by atoms with Crippen molar-refractivity contribution in [1.29, 1.82) is 0 Å². The third-order valence-electron chi connectivity index (χ3n) is 9.46. The van der Waals surface area contributed by atoms with Crippen LogP contribution >= 0.6 is 35.6 Å². The van der Waals surface area contributed by atoms with Crippen LogP contribution in [0, 0.1) is 0 Å². The van der Waals surface area contributed by atoms with Gasteiger partial charge in [-0.25, -0.2) is 0 Å². The molecule has 0 spiro atoms. The van der Waals surface area contributed by atoms with Crippen molar-refractivity contribution in [3.8, 4) is 0 Å². The van der Waals surface area contributed by atoms with Gasteiger partial charge in [-0.05, 0) is 91.7 Å². The van der Waals surface area contributed by atoms with Crippen LogP contribution in [0.25, 0.3) is 0 Å². The Labute approximate surface area is 274 Å². The summed E-state index contributed by atoms with van der Waals surface area (Å²) in [5.41, 5.74) is -2.95. The van der Waals surface area contributed by atoms with Gasteiger partial charge in [-0.15, -0.1) is 12.4 Å². The molecule has 5 rings (SSSR count). The molecule has 2 aliphatic rings. The third kappa shape index (κ3) is 6.97. The number of carbonyl (C=O) groups excluding carboxylic acids is 1. The molecule has 3 aromatic carbocycles. The van der Waals surface area contributed by atoms with Crippen LogP contribution < -0.4 is 5.32 Å². The minimum absolute atomic E-state index is 0. The molecule has 1 amide bonds. The minimum atomic E-state index is -4.98. The monoisotopic (exact) mass is 692 g/mol. The Morgan fingerprint density at radius 1 is 0.911 bits per heavy atom. The van der Waals surface area contributed by atoms with Crippen molar-refractivity contribution in [3.05, 3.63) is 105 Å². The number of halogens is 9. The zero-order valence-corrected chi connectivity index (χ0v) is 26.7. The molecule has 0 bridgehead atoms. The van der Waals surface area contributed by atoms with Crippen LogP contribution in [0.2, 0.25) is 10.0 Å². The van der Waals surface area contributed by atoms with Crippen LogP contribution in [-0.2, 0) is 29.0 Å². The summed E-state index contributed by atoms with van der Waals surface area (Å²) >= 11 is 12.8. The van der Waals surface area contributed by atoms with E-state index in [2.05, 4.69) is 10.2 Å². The first-order valence-corrected chi connectivity index (χ1v) is 15.2. The number of hydrogen-bond acceptors (Lipinski definition) is 2. The second kappa shape index (κ2) is 13.3. The van der Waals surface area contributed by atoms with Gasteiger partial charge in [0, 0.05) is 23.9 Å². The molecule has 3 aromatic rings. The maximum Gasteiger partial charge on any atom is 0.416 e. The Bertz CT molecular complexity index is 1470. The van der Waals surface area contributed by atoms with Crippen LogP contribution in [0.5, 0.6) is 0 Å². The van der Waals surface area contributed by atoms with Crippen LogP contribution in [0.3, 0.4) is 0 Å². The Morgan fingerprint density at radius 3 is 2.09 bits per heavy atom. The minimum Gasteiger partial charge on any atom is -0.355 e. The number of benzene rings is 3. The molecule has 12 heteroatoms. The number of likely N-dealkylation sites (tertiary alicyclic amines) is 1. The highest BCUT2D eigenvalue weighted by atomic mass is 35.5.